The van der Waals surface area contributed by atoms with Gasteiger partial charge in [0.05, 0.1) is 12.0 Å². The number of benzene rings is 1. The van der Waals surface area contributed by atoms with Crippen LogP contribution in [0, 0.1) is 5.82 Å². The zero-order valence-corrected chi connectivity index (χ0v) is 14.3. The molecule has 1 unspecified atom stereocenters. The number of hydrogen-bond acceptors (Lipinski definition) is 3. The Morgan fingerprint density at radius 3 is 2.67 bits per heavy atom. The van der Waals surface area contributed by atoms with Gasteiger partial charge in [0.1, 0.15) is 11.5 Å². The summed E-state index contributed by atoms with van der Waals surface area (Å²) in [4.78, 5) is 20.8. The third-order valence-electron chi connectivity index (χ3n) is 4.50. The van der Waals surface area contributed by atoms with E-state index in [4.69, 9.17) is 0 Å². The molecule has 6 heteroatoms. The molecule has 1 amide bonds. The highest BCUT2D eigenvalue weighted by atomic mass is 19.1. The fourth-order valence-electron chi connectivity index (χ4n) is 3.06. The van der Waals surface area contributed by atoms with Gasteiger partial charge in [0.2, 0.25) is 0 Å². The van der Waals surface area contributed by atoms with Crippen LogP contribution in [0.1, 0.15) is 37.3 Å². The SMILES string of the molecule is CC1CN(c2ccccc2F)CCN1C(=O)c1cn(C(C)C)cn1. The Morgan fingerprint density at radius 2 is 2.04 bits per heavy atom. The van der Waals surface area contributed by atoms with Gasteiger partial charge in [-0.1, -0.05) is 12.1 Å². The van der Waals surface area contributed by atoms with E-state index in [1.54, 1.807) is 24.7 Å². The van der Waals surface area contributed by atoms with Crippen LogP contribution in [0.3, 0.4) is 0 Å². The van der Waals surface area contributed by atoms with Crippen molar-refractivity contribution in [2.75, 3.05) is 24.5 Å². The molecular weight excluding hydrogens is 307 g/mol. The highest BCUT2D eigenvalue weighted by Gasteiger charge is 2.30. The molecule has 0 N–H and O–H groups in total. The van der Waals surface area contributed by atoms with E-state index < -0.39 is 0 Å². The number of carbonyl (C=O) groups is 1. The predicted octanol–water partition coefficient (Wildman–Crippen LogP) is 2.95. The van der Waals surface area contributed by atoms with Crippen molar-refractivity contribution < 1.29 is 9.18 Å². The molecule has 2 heterocycles. The summed E-state index contributed by atoms with van der Waals surface area (Å²) in [6.45, 7) is 7.87. The predicted molar refractivity (Wildman–Crippen MR) is 91.7 cm³/mol. The number of para-hydroxylation sites is 1. The maximum Gasteiger partial charge on any atom is 0.274 e. The van der Waals surface area contributed by atoms with E-state index in [1.165, 1.54) is 6.07 Å². The Hall–Kier alpha value is -2.37. The second-order valence-electron chi connectivity index (χ2n) is 6.54. The normalized spacial score (nSPS) is 18.3. The summed E-state index contributed by atoms with van der Waals surface area (Å²) in [5.74, 6) is -0.282. The molecule has 1 aliphatic heterocycles. The quantitative estimate of drug-likeness (QED) is 0.869. The van der Waals surface area contributed by atoms with Crippen LogP contribution >= 0.6 is 0 Å². The number of amides is 1. The van der Waals surface area contributed by atoms with Crippen molar-refractivity contribution in [1.82, 2.24) is 14.5 Å². The van der Waals surface area contributed by atoms with Gasteiger partial charge in [-0.2, -0.15) is 0 Å². The molecule has 1 aromatic heterocycles. The minimum absolute atomic E-state index is 0.00458. The van der Waals surface area contributed by atoms with Gasteiger partial charge in [0.25, 0.3) is 5.91 Å². The Labute approximate surface area is 141 Å². The largest absolute Gasteiger partial charge is 0.365 e. The lowest BCUT2D eigenvalue weighted by Gasteiger charge is -2.40. The summed E-state index contributed by atoms with van der Waals surface area (Å²) < 4.78 is 15.9. The zero-order chi connectivity index (χ0) is 17.3. The monoisotopic (exact) mass is 330 g/mol. The third kappa shape index (κ3) is 3.13. The molecule has 0 saturated carbocycles. The van der Waals surface area contributed by atoms with Crippen molar-refractivity contribution in [3.63, 3.8) is 0 Å². The van der Waals surface area contributed by atoms with Crippen molar-refractivity contribution in [3.05, 3.63) is 48.3 Å². The molecule has 1 saturated heterocycles. The van der Waals surface area contributed by atoms with Crippen LogP contribution < -0.4 is 4.90 Å². The summed E-state index contributed by atoms with van der Waals surface area (Å²) in [6.07, 6.45) is 3.49. The second-order valence-corrected chi connectivity index (χ2v) is 6.54. The molecule has 0 bridgehead atoms. The van der Waals surface area contributed by atoms with Crippen LogP contribution in [0.4, 0.5) is 10.1 Å². The van der Waals surface area contributed by atoms with Crippen molar-refractivity contribution >= 4 is 11.6 Å². The van der Waals surface area contributed by atoms with E-state index >= 15 is 0 Å². The third-order valence-corrected chi connectivity index (χ3v) is 4.50. The summed E-state index contributed by atoms with van der Waals surface area (Å²) in [5, 5.41) is 0. The first kappa shape index (κ1) is 16.5. The number of halogens is 1. The van der Waals surface area contributed by atoms with Gasteiger partial charge in [0.15, 0.2) is 0 Å². The van der Waals surface area contributed by atoms with Crippen molar-refractivity contribution in [2.24, 2.45) is 0 Å². The highest BCUT2D eigenvalue weighted by molar-refractivity contribution is 5.92. The number of piperazine rings is 1. The van der Waals surface area contributed by atoms with Crippen LogP contribution in [0.2, 0.25) is 0 Å². The first-order valence-electron chi connectivity index (χ1n) is 8.31. The lowest BCUT2D eigenvalue weighted by Crippen LogP contribution is -2.54. The Morgan fingerprint density at radius 1 is 1.29 bits per heavy atom. The average Bonchev–Trinajstić information content (AvgIpc) is 3.05. The van der Waals surface area contributed by atoms with Crippen LogP contribution in [0.5, 0.6) is 0 Å². The van der Waals surface area contributed by atoms with Crippen LogP contribution in [-0.2, 0) is 0 Å². The zero-order valence-electron chi connectivity index (χ0n) is 14.3. The van der Waals surface area contributed by atoms with Crippen LogP contribution in [0.25, 0.3) is 0 Å². The first-order valence-corrected chi connectivity index (χ1v) is 8.31. The van der Waals surface area contributed by atoms with E-state index in [1.807, 2.05) is 41.2 Å². The van der Waals surface area contributed by atoms with Gasteiger partial charge in [-0.05, 0) is 32.9 Å². The molecule has 1 aromatic carbocycles. The van der Waals surface area contributed by atoms with Gasteiger partial charge in [-0.25, -0.2) is 9.37 Å². The first-order chi connectivity index (χ1) is 11.5. The summed E-state index contributed by atoms with van der Waals surface area (Å²) in [5.41, 5.74) is 1.07. The van der Waals surface area contributed by atoms with E-state index in [9.17, 15) is 9.18 Å². The van der Waals surface area contributed by atoms with Crippen molar-refractivity contribution in [2.45, 2.75) is 32.9 Å². The topological polar surface area (TPSA) is 41.4 Å². The standard InChI is InChI=1S/C18H23FN4O/c1-13(2)22-11-16(20-12-22)18(24)23-9-8-21(10-14(23)3)17-7-5-4-6-15(17)19/h4-7,11-14H,8-10H2,1-3H3. The molecule has 5 nitrogen and oxygen atoms in total. The molecule has 1 aliphatic rings. The molecule has 0 radical (unpaired) electrons. The number of anilines is 1. The van der Waals surface area contributed by atoms with Gasteiger partial charge in [-0.15, -0.1) is 0 Å². The molecule has 3 rings (SSSR count). The molecule has 128 valence electrons. The lowest BCUT2D eigenvalue weighted by molar-refractivity contribution is 0.0668. The van der Waals surface area contributed by atoms with Crippen LogP contribution in [-0.4, -0.2) is 46.0 Å². The smallest absolute Gasteiger partial charge is 0.274 e. The fourth-order valence-corrected chi connectivity index (χ4v) is 3.06. The average molecular weight is 330 g/mol. The molecule has 1 atom stereocenters. The van der Waals surface area contributed by atoms with Crippen molar-refractivity contribution in [1.29, 1.82) is 0 Å². The summed E-state index contributed by atoms with van der Waals surface area (Å²) >= 11 is 0. The lowest BCUT2D eigenvalue weighted by atomic mass is 10.1. The molecular formula is C18H23FN4O. The number of aromatic nitrogens is 2. The van der Waals surface area contributed by atoms with Crippen LogP contribution in [0.15, 0.2) is 36.8 Å². The number of hydrogen-bond donors (Lipinski definition) is 0. The van der Waals surface area contributed by atoms with Crippen molar-refractivity contribution in [3.8, 4) is 0 Å². The minimum Gasteiger partial charge on any atom is -0.365 e. The Kier molecular flexibility index (Phi) is 4.55. The van der Waals surface area contributed by atoms with E-state index in [-0.39, 0.29) is 23.8 Å². The molecule has 0 aliphatic carbocycles. The van der Waals surface area contributed by atoms with E-state index in [0.29, 0.717) is 31.0 Å². The number of imidazole rings is 1. The van der Waals surface area contributed by atoms with Gasteiger partial charge in [-0.3, -0.25) is 4.79 Å². The van der Waals surface area contributed by atoms with Gasteiger partial charge in [0, 0.05) is 37.9 Å². The summed E-state index contributed by atoms with van der Waals surface area (Å²) in [6, 6.07) is 7.04. The molecule has 24 heavy (non-hydrogen) atoms. The second kappa shape index (κ2) is 6.63. The van der Waals surface area contributed by atoms with Gasteiger partial charge < -0.3 is 14.4 Å². The number of carbonyl (C=O) groups excluding carboxylic acids is 1. The Bertz CT molecular complexity index is 727. The maximum atomic E-state index is 14.0. The number of nitrogens with zero attached hydrogens (tertiary/aromatic N) is 4. The molecule has 1 fully saturated rings. The fraction of sp³-hybridized carbons (Fsp3) is 0.444. The number of rotatable bonds is 3. The molecule has 2 aromatic rings. The van der Waals surface area contributed by atoms with E-state index in [2.05, 4.69) is 4.98 Å². The molecule has 0 spiro atoms. The Balaban J connectivity index is 1.71. The summed E-state index contributed by atoms with van der Waals surface area (Å²) in [7, 11) is 0. The minimum atomic E-state index is -0.222. The highest BCUT2D eigenvalue weighted by Crippen LogP contribution is 2.23. The van der Waals surface area contributed by atoms with Gasteiger partial charge >= 0.3 is 0 Å². The van der Waals surface area contributed by atoms with E-state index in [0.717, 1.165) is 0 Å². The maximum absolute atomic E-state index is 14.0.